The summed E-state index contributed by atoms with van der Waals surface area (Å²) in [5.74, 6) is 1.56. The Kier molecular flexibility index (Phi) is 6.08. The molecule has 0 bridgehead atoms. The summed E-state index contributed by atoms with van der Waals surface area (Å²) < 4.78 is 15.4. The lowest BCUT2D eigenvalue weighted by molar-refractivity contribution is 0.124. The van der Waals surface area contributed by atoms with Gasteiger partial charge in [-0.15, -0.1) is 12.4 Å². The van der Waals surface area contributed by atoms with Gasteiger partial charge in [0.1, 0.15) is 17.5 Å². The third-order valence-corrected chi connectivity index (χ3v) is 5.92. The molecule has 2 aromatic heterocycles. The molecule has 1 aliphatic carbocycles. The first-order valence-electron chi connectivity index (χ1n) is 10.2. The smallest absolute Gasteiger partial charge is 0.163 e. The number of fused-ring (bicyclic) bond motifs is 1. The van der Waals surface area contributed by atoms with E-state index in [1.165, 1.54) is 18.6 Å². The van der Waals surface area contributed by atoms with Crippen LogP contribution in [0.5, 0.6) is 0 Å². The van der Waals surface area contributed by atoms with Crippen molar-refractivity contribution >= 4 is 35.4 Å². The van der Waals surface area contributed by atoms with E-state index >= 15 is 0 Å². The highest BCUT2D eigenvalue weighted by molar-refractivity contribution is 5.85. The van der Waals surface area contributed by atoms with Gasteiger partial charge in [0.25, 0.3) is 0 Å². The fraction of sp³-hybridized carbons (Fsp3) is 0.429. The molecule has 3 heterocycles. The number of aliphatic hydroxyl groups is 1. The van der Waals surface area contributed by atoms with Crippen molar-refractivity contribution in [3.8, 4) is 0 Å². The first-order valence-corrected chi connectivity index (χ1v) is 10.2. The minimum atomic E-state index is -0.426. The summed E-state index contributed by atoms with van der Waals surface area (Å²) in [4.78, 5) is 4.82. The maximum atomic E-state index is 13.7. The molecule has 160 valence electrons. The van der Waals surface area contributed by atoms with E-state index in [2.05, 4.69) is 21.0 Å². The predicted octanol–water partition coefficient (Wildman–Crippen LogP) is 3.44. The molecule has 3 aromatic rings. The predicted molar refractivity (Wildman–Crippen MR) is 117 cm³/mol. The Morgan fingerprint density at radius 3 is 2.80 bits per heavy atom. The van der Waals surface area contributed by atoms with E-state index in [-0.39, 0.29) is 24.3 Å². The molecule has 2 aliphatic rings. The summed E-state index contributed by atoms with van der Waals surface area (Å²) in [5, 5.41) is 24.8. The van der Waals surface area contributed by atoms with Gasteiger partial charge in [-0.25, -0.2) is 9.37 Å². The van der Waals surface area contributed by atoms with Gasteiger partial charge in [-0.1, -0.05) is 12.5 Å². The zero-order chi connectivity index (χ0) is 19.8. The number of hydrogen-bond acceptors (Lipinski definition) is 6. The average molecular weight is 433 g/mol. The van der Waals surface area contributed by atoms with Crippen molar-refractivity contribution in [3.05, 3.63) is 47.9 Å². The number of nitrogens with one attached hydrogen (secondary N) is 3. The fourth-order valence-corrected chi connectivity index (χ4v) is 4.05. The van der Waals surface area contributed by atoms with Crippen molar-refractivity contribution in [1.82, 2.24) is 19.9 Å². The lowest BCUT2D eigenvalue weighted by Crippen LogP contribution is -2.48. The molecule has 0 radical (unpaired) electrons. The SMILES string of the molecule is Cl.O[C@H]1CCNC[C@@H]1Nc1cc(Nc2cccc(F)c2)n2ncc(C3CCC3)c2n1. The Hall–Kier alpha value is -2.42. The van der Waals surface area contributed by atoms with Crippen LogP contribution in [0.1, 0.15) is 37.2 Å². The van der Waals surface area contributed by atoms with Crippen LogP contribution in [0, 0.1) is 5.82 Å². The van der Waals surface area contributed by atoms with Crippen molar-refractivity contribution < 1.29 is 9.50 Å². The molecule has 2 atom stereocenters. The van der Waals surface area contributed by atoms with E-state index in [0.29, 0.717) is 36.2 Å². The number of aromatic nitrogens is 3. The molecule has 1 saturated heterocycles. The second kappa shape index (κ2) is 8.75. The molecule has 4 N–H and O–H groups in total. The summed E-state index contributed by atoms with van der Waals surface area (Å²) in [6, 6.07) is 8.09. The van der Waals surface area contributed by atoms with Crippen LogP contribution in [0.3, 0.4) is 0 Å². The maximum absolute atomic E-state index is 13.7. The molecule has 9 heteroatoms. The number of aliphatic hydroxyl groups excluding tert-OH is 1. The van der Waals surface area contributed by atoms with Crippen LogP contribution >= 0.6 is 12.4 Å². The van der Waals surface area contributed by atoms with Crippen LogP contribution in [-0.2, 0) is 0 Å². The van der Waals surface area contributed by atoms with E-state index < -0.39 is 6.10 Å². The topological polar surface area (TPSA) is 86.5 Å². The molecule has 7 nitrogen and oxygen atoms in total. The number of halogens is 2. The Bertz CT molecular complexity index is 1020. The summed E-state index contributed by atoms with van der Waals surface area (Å²) in [6.07, 6.45) is 5.70. The van der Waals surface area contributed by atoms with Crippen LogP contribution in [0.4, 0.5) is 21.7 Å². The molecule has 0 unspecified atom stereocenters. The second-order valence-corrected chi connectivity index (χ2v) is 7.94. The van der Waals surface area contributed by atoms with Crippen molar-refractivity contribution in [3.63, 3.8) is 0 Å². The van der Waals surface area contributed by atoms with Gasteiger partial charge in [-0.3, -0.25) is 0 Å². The highest BCUT2D eigenvalue weighted by Gasteiger charge is 2.26. The highest BCUT2D eigenvalue weighted by Crippen LogP contribution is 2.38. The Balaban J connectivity index is 0.00000218. The van der Waals surface area contributed by atoms with Gasteiger partial charge in [0.15, 0.2) is 5.65 Å². The molecular weight excluding hydrogens is 407 g/mol. The summed E-state index contributed by atoms with van der Waals surface area (Å²) in [7, 11) is 0. The quantitative estimate of drug-likeness (QED) is 0.494. The highest BCUT2D eigenvalue weighted by atomic mass is 35.5. The van der Waals surface area contributed by atoms with Crippen molar-refractivity contribution in [2.75, 3.05) is 23.7 Å². The number of rotatable bonds is 5. The summed E-state index contributed by atoms with van der Waals surface area (Å²) in [5.41, 5.74) is 2.59. The number of piperidine rings is 1. The Morgan fingerprint density at radius 1 is 1.20 bits per heavy atom. The van der Waals surface area contributed by atoms with Gasteiger partial charge in [0, 0.05) is 23.9 Å². The number of nitrogens with zero attached hydrogens (tertiary/aromatic N) is 3. The zero-order valence-corrected chi connectivity index (χ0v) is 17.3. The lowest BCUT2D eigenvalue weighted by Gasteiger charge is -2.29. The molecule has 1 aliphatic heterocycles. The monoisotopic (exact) mass is 432 g/mol. The van der Waals surface area contributed by atoms with Crippen LogP contribution in [0.2, 0.25) is 0 Å². The minimum absolute atomic E-state index is 0. The molecule has 5 rings (SSSR count). The summed E-state index contributed by atoms with van der Waals surface area (Å²) >= 11 is 0. The first kappa shape index (κ1) is 20.8. The fourth-order valence-electron chi connectivity index (χ4n) is 4.05. The van der Waals surface area contributed by atoms with Crippen LogP contribution in [-0.4, -0.2) is 44.9 Å². The van der Waals surface area contributed by atoms with Crippen molar-refractivity contribution in [2.24, 2.45) is 0 Å². The number of anilines is 3. The zero-order valence-electron chi connectivity index (χ0n) is 16.5. The molecular formula is C21H26ClFN6O. The Labute approximate surface area is 180 Å². The summed E-state index contributed by atoms with van der Waals surface area (Å²) in [6.45, 7) is 1.49. The van der Waals surface area contributed by atoms with Gasteiger partial charge in [0.2, 0.25) is 0 Å². The van der Waals surface area contributed by atoms with Gasteiger partial charge >= 0.3 is 0 Å². The normalized spacial score (nSPS) is 21.7. The molecule has 2 fully saturated rings. The molecule has 30 heavy (non-hydrogen) atoms. The third-order valence-electron chi connectivity index (χ3n) is 5.92. The molecule has 1 saturated carbocycles. The average Bonchev–Trinajstić information content (AvgIpc) is 3.06. The second-order valence-electron chi connectivity index (χ2n) is 7.94. The van der Waals surface area contributed by atoms with Gasteiger partial charge in [-0.05, 0) is 49.9 Å². The standard InChI is InChI=1S/C21H25FN6O.ClH/c22-14-5-2-6-15(9-14)25-20-10-19(26-17-12-23-8-7-18(17)29)27-21-16(11-24-28(20)21)13-3-1-4-13;/h2,5-6,9-11,13,17-18,23,25,29H,1,3-4,7-8,12H2,(H,26,27);1H/t17-,18-;/m0./s1. The van der Waals surface area contributed by atoms with Crippen LogP contribution in [0.15, 0.2) is 36.5 Å². The van der Waals surface area contributed by atoms with Crippen LogP contribution in [0.25, 0.3) is 5.65 Å². The number of benzene rings is 1. The molecule has 1 aromatic carbocycles. The first-order chi connectivity index (χ1) is 14.2. The van der Waals surface area contributed by atoms with E-state index in [1.54, 1.807) is 10.6 Å². The van der Waals surface area contributed by atoms with E-state index in [4.69, 9.17) is 4.98 Å². The third kappa shape index (κ3) is 4.08. The van der Waals surface area contributed by atoms with Gasteiger partial charge in [-0.2, -0.15) is 9.61 Å². The van der Waals surface area contributed by atoms with Crippen molar-refractivity contribution in [2.45, 2.75) is 43.7 Å². The maximum Gasteiger partial charge on any atom is 0.163 e. The lowest BCUT2D eigenvalue weighted by atomic mass is 9.81. The van der Waals surface area contributed by atoms with Crippen LogP contribution < -0.4 is 16.0 Å². The molecule has 0 spiro atoms. The minimum Gasteiger partial charge on any atom is -0.391 e. The van der Waals surface area contributed by atoms with Crippen molar-refractivity contribution in [1.29, 1.82) is 0 Å². The van der Waals surface area contributed by atoms with Gasteiger partial charge < -0.3 is 21.1 Å². The molecule has 0 amide bonds. The van der Waals surface area contributed by atoms with E-state index in [9.17, 15) is 9.50 Å². The van der Waals surface area contributed by atoms with Gasteiger partial charge in [0.05, 0.1) is 18.3 Å². The Morgan fingerprint density at radius 2 is 2.07 bits per heavy atom. The number of hydrogen-bond donors (Lipinski definition) is 4. The van der Waals surface area contributed by atoms with E-state index in [0.717, 1.165) is 30.6 Å². The van der Waals surface area contributed by atoms with E-state index in [1.807, 2.05) is 18.3 Å². The largest absolute Gasteiger partial charge is 0.391 e.